The van der Waals surface area contributed by atoms with Gasteiger partial charge in [-0.3, -0.25) is 15.0 Å². The Bertz CT molecular complexity index is 1010. The molecule has 0 unspecified atom stereocenters. The van der Waals surface area contributed by atoms with Gasteiger partial charge in [0.05, 0.1) is 11.1 Å². The van der Waals surface area contributed by atoms with Crippen molar-refractivity contribution in [3.63, 3.8) is 0 Å². The number of carboxylic acids is 1. The highest BCUT2D eigenvalue weighted by Crippen LogP contribution is 2.22. The van der Waals surface area contributed by atoms with E-state index in [0.29, 0.717) is 27.7 Å². The smallest absolute Gasteiger partial charge is 0.311 e. The normalized spacial score (nSPS) is 10.7. The Kier molecular flexibility index (Phi) is 3.94. The third-order valence-electron chi connectivity index (χ3n) is 3.81. The van der Waals surface area contributed by atoms with Gasteiger partial charge < -0.3 is 16.7 Å². The number of aromatic nitrogens is 2. The number of rotatable bonds is 5. The average molecular weight is 337 g/mol. The molecule has 8 nitrogen and oxygen atoms in total. The molecule has 0 aliphatic carbocycles. The Balaban J connectivity index is 2.07. The first kappa shape index (κ1) is 16.2. The number of carboxylic acid groups (broad SMARTS) is 1. The minimum atomic E-state index is -1.06. The largest absolute Gasteiger partial charge is 0.481 e. The van der Waals surface area contributed by atoms with Crippen LogP contribution in [0.3, 0.4) is 0 Å². The molecule has 0 spiro atoms. The van der Waals surface area contributed by atoms with Gasteiger partial charge in [0, 0.05) is 11.1 Å². The topological polar surface area (TPSA) is 148 Å². The first-order valence-corrected chi connectivity index (χ1v) is 7.35. The fraction of sp³-hybridized carbons (Fsp3) is 0.0588. The maximum Gasteiger partial charge on any atom is 0.311 e. The Morgan fingerprint density at radius 1 is 1.12 bits per heavy atom. The van der Waals surface area contributed by atoms with Crippen molar-refractivity contribution in [1.29, 1.82) is 5.41 Å². The van der Waals surface area contributed by atoms with E-state index in [4.69, 9.17) is 22.1 Å². The van der Waals surface area contributed by atoms with Crippen molar-refractivity contribution in [2.75, 3.05) is 5.84 Å². The second-order valence-electron chi connectivity index (χ2n) is 5.46. The summed E-state index contributed by atoms with van der Waals surface area (Å²) in [6, 6.07) is 11.3. The van der Waals surface area contributed by atoms with E-state index in [2.05, 4.69) is 4.98 Å². The van der Waals surface area contributed by atoms with Gasteiger partial charge in [-0.15, -0.1) is 0 Å². The number of nitrogens with one attached hydrogen (secondary N) is 1. The van der Waals surface area contributed by atoms with E-state index in [1.54, 1.807) is 42.5 Å². The number of nitrogen functional groups attached to an aromatic ring is 2. The van der Waals surface area contributed by atoms with Gasteiger partial charge in [-0.1, -0.05) is 30.3 Å². The van der Waals surface area contributed by atoms with Crippen molar-refractivity contribution in [2.45, 2.75) is 6.42 Å². The molecule has 1 aromatic heterocycles. The van der Waals surface area contributed by atoms with Crippen LogP contribution in [-0.4, -0.2) is 32.4 Å². The SMILES string of the molecule is N=C(N)c1ccc(C(=O)c2cccc3c2nc(CC(=O)O)n3N)cc1. The summed E-state index contributed by atoms with van der Waals surface area (Å²) < 4.78 is 1.18. The molecule has 0 amide bonds. The lowest BCUT2D eigenvalue weighted by Crippen LogP contribution is -2.15. The van der Waals surface area contributed by atoms with E-state index in [1.165, 1.54) is 4.68 Å². The van der Waals surface area contributed by atoms with Gasteiger partial charge in [-0.25, -0.2) is 9.66 Å². The van der Waals surface area contributed by atoms with Crippen molar-refractivity contribution in [1.82, 2.24) is 9.66 Å². The predicted molar refractivity (Wildman–Crippen MR) is 92.1 cm³/mol. The summed E-state index contributed by atoms with van der Waals surface area (Å²) in [4.78, 5) is 27.9. The van der Waals surface area contributed by atoms with Crippen LogP contribution in [0.1, 0.15) is 27.3 Å². The third-order valence-corrected chi connectivity index (χ3v) is 3.81. The number of nitrogens with two attached hydrogens (primary N) is 2. The summed E-state index contributed by atoms with van der Waals surface area (Å²) >= 11 is 0. The van der Waals surface area contributed by atoms with Crippen molar-refractivity contribution in [3.8, 4) is 0 Å². The maximum absolute atomic E-state index is 12.8. The van der Waals surface area contributed by atoms with Crippen LogP contribution in [0.4, 0.5) is 0 Å². The minimum Gasteiger partial charge on any atom is -0.481 e. The van der Waals surface area contributed by atoms with Crippen LogP contribution in [0.15, 0.2) is 42.5 Å². The van der Waals surface area contributed by atoms with Gasteiger partial charge in [0.1, 0.15) is 23.6 Å². The first-order valence-electron chi connectivity index (χ1n) is 7.35. The highest BCUT2D eigenvalue weighted by atomic mass is 16.4. The number of para-hydroxylation sites is 1. The van der Waals surface area contributed by atoms with Crippen LogP contribution in [-0.2, 0) is 11.2 Å². The Morgan fingerprint density at radius 3 is 2.36 bits per heavy atom. The summed E-state index contributed by atoms with van der Waals surface area (Å²) in [6.45, 7) is 0. The summed E-state index contributed by atoms with van der Waals surface area (Å²) in [5.41, 5.74) is 7.48. The molecule has 0 aliphatic heterocycles. The Hall–Kier alpha value is -3.68. The zero-order valence-corrected chi connectivity index (χ0v) is 13.1. The van der Waals surface area contributed by atoms with Gasteiger partial charge in [-0.2, -0.15) is 0 Å². The minimum absolute atomic E-state index is 0.0821. The average Bonchev–Trinajstić information content (AvgIpc) is 2.90. The van der Waals surface area contributed by atoms with Crippen molar-refractivity contribution in [2.24, 2.45) is 5.73 Å². The molecule has 0 bridgehead atoms. The molecule has 0 radical (unpaired) electrons. The zero-order chi connectivity index (χ0) is 18.1. The van der Waals surface area contributed by atoms with Crippen molar-refractivity contribution >= 4 is 28.6 Å². The van der Waals surface area contributed by atoms with E-state index >= 15 is 0 Å². The lowest BCUT2D eigenvalue weighted by molar-refractivity contribution is -0.136. The number of benzene rings is 2. The molecule has 0 fully saturated rings. The standard InChI is InChI=1S/C17H15N5O3/c18-17(19)10-6-4-9(5-7-10)16(25)11-2-1-3-12-15(11)21-13(22(12)20)8-14(23)24/h1-7H,8,20H2,(H3,18,19)(H,23,24). The molecule has 6 N–H and O–H groups in total. The third kappa shape index (κ3) is 2.92. The van der Waals surface area contributed by atoms with E-state index in [9.17, 15) is 9.59 Å². The molecule has 0 atom stereocenters. The van der Waals surface area contributed by atoms with E-state index in [0.717, 1.165) is 0 Å². The van der Waals surface area contributed by atoms with Gasteiger partial charge >= 0.3 is 5.97 Å². The molecule has 126 valence electrons. The van der Waals surface area contributed by atoms with Gasteiger partial charge in [0.25, 0.3) is 0 Å². The summed E-state index contributed by atoms with van der Waals surface area (Å²) in [5, 5.41) is 16.3. The molecule has 2 aromatic carbocycles. The zero-order valence-electron chi connectivity index (χ0n) is 13.1. The highest BCUT2D eigenvalue weighted by Gasteiger charge is 2.19. The highest BCUT2D eigenvalue weighted by molar-refractivity contribution is 6.15. The quantitative estimate of drug-likeness (QED) is 0.235. The lowest BCUT2D eigenvalue weighted by Gasteiger charge is -2.04. The van der Waals surface area contributed by atoms with Gasteiger partial charge in [0.15, 0.2) is 5.78 Å². The number of hydrogen-bond acceptors (Lipinski definition) is 5. The van der Waals surface area contributed by atoms with Crippen LogP contribution in [0.2, 0.25) is 0 Å². The number of hydrogen-bond donors (Lipinski definition) is 4. The number of aliphatic carboxylic acids is 1. The van der Waals surface area contributed by atoms with Crippen LogP contribution in [0.5, 0.6) is 0 Å². The predicted octanol–water partition coefficient (Wildman–Crippen LogP) is 0.892. The van der Waals surface area contributed by atoms with Crippen molar-refractivity contribution < 1.29 is 14.7 Å². The summed E-state index contributed by atoms with van der Waals surface area (Å²) in [7, 11) is 0. The second-order valence-corrected chi connectivity index (χ2v) is 5.46. The van der Waals surface area contributed by atoms with Gasteiger partial charge in [-0.05, 0) is 12.1 Å². The Labute approximate surface area is 142 Å². The molecular weight excluding hydrogens is 322 g/mol. The number of ketones is 1. The fourth-order valence-corrected chi connectivity index (χ4v) is 2.57. The van der Waals surface area contributed by atoms with Crippen LogP contribution < -0.4 is 11.6 Å². The van der Waals surface area contributed by atoms with Gasteiger partial charge in [0.2, 0.25) is 0 Å². The summed E-state index contributed by atoms with van der Waals surface area (Å²) in [6.07, 6.45) is -0.341. The molecule has 8 heteroatoms. The molecule has 3 rings (SSSR count). The van der Waals surface area contributed by atoms with Crippen LogP contribution in [0, 0.1) is 5.41 Å². The second kappa shape index (κ2) is 6.08. The number of fused-ring (bicyclic) bond motifs is 1. The summed E-state index contributed by atoms with van der Waals surface area (Å²) in [5.74, 6) is 4.63. The lowest BCUT2D eigenvalue weighted by atomic mass is 10.0. The molecule has 25 heavy (non-hydrogen) atoms. The molecular formula is C17H15N5O3. The van der Waals surface area contributed by atoms with E-state index in [-0.39, 0.29) is 23.9 Å². The number of imidazole rings is 1. The fourth-order valence-electron chi connectivity index (χ4n) is 2.57. The first-order chi connectivity index (χ1) is 11.9. The number of carbonyl (C=O) groups excluding carboxylic acids is 1. The van der Waals surface area contributed by atoms with Crippen LogP contribution >= 0.6 is 0 Å². The van der Waals surface area contributed by atoms with Crippen molar-refractivity contribution in [3.05, 3.63) is 65.0 Å². The number of nitrogens with zero attached hydrogens (tertiary/aromatic N) is 2. The molecule has 0 saturated carbocycles. The number of carbonyl (C=O) groups is 2. The van der Waals surface area contributed by atoms with E-state index < -0.39 is 5.97 Å². The molecule has 1 heterocycles. The van der Waals surface area contributed by atoms with Crippen LogP contribution in [0.25, 0.3) is 11.0 Å². The monoisotopic (exact) mass is 337 g/mol. The maximum atomic E-state index is 12.8. The number of amidine groups is 1. The molecule has 0 aliphatic rings. The molecule has 3 aromatic rings. The van der Waals surface area contributed by atoms with E-state index in [1.807, 2.05) is 0 Å². The molecule has 0 saturated heterocycles. The Morgan fingerprint density at radius 2 is 1.76 bits per heavy atom.